The predicted molar refractivity (Wildman–Crippen MR) is 161 cm³/mol. The van der Waals surface area contributed by atoms with Crippen molar-refractivity contribution in [1.82, 2.24) is 10.3 Å². The molecule has 0 atom stereocenters. The molecule has 204 valence electrons. The summed E-state index contributed by atoms with van der Waals surface area (Å²) in [4.78, 5) is 4.42. The molecule has 2 nitrogen and oxygen atoms in total. The van der Waals surface area contributed by atoms with Crippen LogP contribution in [-0.2, 0) is 12.6 Å². The van der Waals surface area contributed by atoms with Gasteiger partial charge < -0.3 is 5.32 Å². The molecule has 6 heteroatoms. The van der Waals surface area contributed by atoms with Crippen LogP contribution in [0.2, 0.25) is 0 Å². The molecule has 1 heterocycles. The minimum atomic E-state index is -4.56. The first kappa shape index (κ1) is 32.8. The number of allylic oxidation sites excluding steroid dienone is 2. The average molecular weight is 541 g/mol. The van der Waals surface area contributed by atoms with E-state index < -0.39 is 11.9 Å². The zero-order chi connectivity index (χ0) is 29.2. The lowest BCUT2D eigenvalue weighted by atomic mass is 10.0. The van der Waals surface area contributed by atoms with Crippen LogP contribution in [0.4, 0.5) is 13.2 Å². The van der Waals surface area contributed by atoms with Crippen LogP contribution in [0.15, 0.2) is 78.5 Å². The zero-order valence-electron chi connectivity index (χ0n) is 23.7. The van der Waals surface area contributed by atoms with Gasteiger partial charge in [0.15, 0.2) is 0 Å². The first-order valence-electron chi connectivity index (χ1n) is 12.6. The Labute approximate surface area is 231 Å². The molecular formula is C32H39F3N2S. The van der Waals surface area contributed by atoms with E-state index in [0.717, 1.165) is 34.9 Å². The van der Waals surface area contributed by atoms with E-state index in [1.54, 1.807) is 25.1 Å². The maximum absolute atomic E-state index is 13.3. The van der Waals surface area contributed by atoms with Gasteiger partial charge in [-0.2, -0.15) is 13.2 Å². The van der Waals surface area contributed by atoms with Crippen LogP contribution >= 0.6 is 12.2 Å². The van der Waals surface area contributed by atoms with Gasteiger partial charge in [0.2, 0.25) is 0 Å². The number of benzene rings is 2. The van der Waals surface area contributed by atoms with Crippen molar-refractivity contribution in [2.24, 2.45) is 0 Å². The summed E-state index contributed by atoms with van der Waals surface area (Å²) >= 11 is 5.20. The molecule has 0 bridgehead atoms. The van der Waals surface area contributed by atoms with Gasteiger partial charge in [0.25, 0.3) is 0 Å². The van der Waals surface area contributed by atoms with E-state index >= 15 is 0 Å². The second-order valence-electron chi connectivity index (χ2n) is 8.94. The van der Waals surface area contributed by atoms with Crippen LogP contribution in [0.3, 0.4) is 0 Å². The molecule has 0 unspecified atom stereocenters. The van der Waals surface area contributed by atoms with Gasteiger partial charge in [0.05, 0.1) is 5.52 Å². The van der Waals surface area contributed by atoms with Crippen molar-refractivity contribution in [1.29, 1.82) is 0 Å². The molecule has 3 aromatic rings. The quantitative estimate of drug-likeness (QED) is 0.191. The van der Waals surface area contributed by atoms with Crippen LogP contribution in [-0.4, -0.2) is 9.85 Å². The number of alkyl halides is 3. The van der Waals surface area contributed by atoms with Crippen molar-refractivity contribution in [3.63, 3.8) is 0 Å². The van der Waals surface area contributed by atoms with Gasteiger partial charge in [-0.1, -0.05) is 87.6 Å². The topological polar surface area (TPSA) is 24.9 Å². The Bertz CT molecular complexity index is 1310. The number of fused-ring (bicyclic) bond motifs is 1. The standard InChI is InChI=1S/C21H21F3N2S.C9H12.C2H6/c1-11(2)20(12(3)4)25-13(5)16-10-19(21(22,23)24)26-18-8-7-15(14(6)27)9-17(16)18;1-3-9-6-4-8(2)5-7-9;1-2/h7-10,25H,1,5H2,2-4,6H3;4-7H,3H2,1-2H3;1-2H3. The summed E-state index contributed by atoms with van der Waals surface area (Å²) in [6.07, 6.45) is -3.42. The molecule has 3 rings (SSSR count). The lowest BCUT2D eigenvalue weighted by Gasteiger charge is -2.18. The van der Waals surface area contributed by atoms with Gasteiger partial charge in [-0.05, 0) is 75.9 Å². The van der Waals surface area contributed by atoms with E-state index in [2.05, 4.69) is 61.6 Å². The van der Waals surface area contributed by atoms with Crippen LogP contribution in [0, 0.1) is 6.92 Å². The molecule has 0 aliphatic carbocycles. The van der Waals surface area contributed by atoms with Gasteiger partial charge in [-0.15, -0.1) is 0 Å². The van der Waals surface area contributed by atoms with Gasteiger partial charge in [0, 0.05) is 27.2 Å². The Kier molecular flexibility index (Phi) is 12.6. The molecule has 0 saturated carbocycles. The smallest absolute Gasteiger partial charge is 0.355 e. The number of hydrogen-bond donors (Lipinski definition) is 1. The van der Waals surface area contributed by atoms with Crippen molar-refractivity contribution in [3.8, 4) is 0 Å². The van der Waals surface area contributed by atoms with Crippen molar-refractivity contribution < 1.29 is 13.2 Å². The highest BCUT2D eigenvalue weighted by atomic mass is 32.1. The lowest BCUT2D eigenvalue weighted by Crippen LogP contribution is -2.15. The lowest BCUT2D eigenvalue weighted by molar-refractivity contribution is -0.141. The Hall–Kier alpha value is -3.25. The van der Waals surface area contributed by atoms with Gasteiger partial charge in [0.1, 0.15) is 5.69 Å². The SMILES string of the molecule is C=C(C)C(NC(=C)c1cc(C(F)(F)F)nc2ccc(C(C)=S)cc12)=C(C)C.CC.CCc1ccc(C)cc1. The number of nitrogens with zero attached hydrogens (tertiary/aromatic N) is 1. The fourth-order valence-electron chi connectivity index (χ4n) is 3.54. The monoisotopic (exact) mass is 540 g/mol. The summed E-state index contributed by atoms with van der Waals surface area (Å²) in [5.74, 6) is 0. The number of thiocarbonyl (C=S) groups is 1. The molecule has 0 aliphatic heterocycles. The first-order valence-corrected chi connectivity index (χ1v) is 13.0. The molecule has 0 aliphatic rings. The summed E-state index contributed by atoms with van der Waals surface area (Å²) in [6, 6.07) is 14.6. The number of aryl methyl sites for hydroxylation is 2. The number of nitrogens with one attached hydrogen (secondary N) is 1. The predicted octanol–water partition coefficient (Wildman–Crippen LogP) is 10.0. The number of hydrogen-bond acceptors (Lipinski definition) is 3. The third kappa shape index (κ3) is 9.25. The Balaban J connectivity index is 0.000000548. The molecule has 0 radical (unpaired) electrons. The Morgan fingerprint density at radius 3 is 1.97 bits per heavy atom. The van der Waals surface area contributed by atoms with Crippen LogP contribution in [0.1, 0.15) is 76.4 Å². The van der Waals surface area contributed by atoms with Gasteiger partial charge >= 0.3 is 6.18 Å². The molecule has 2 aromatic carbocycles. The van der Waals surface area contributed by atoms with Crippen molar-refractivity contribution in [3.05, 3.63) is 106 Å². The maximum atomic E-state index is 13.3. The molecular weight excluding hydrogens is 501 g/mol. The van der Waals surface area contributed by atoms with Crippen LogP contribution in [0.25, 0.3) is 16.6 Å². The Morgan fingerprint density at radius 1 is 0.947 bits per heavy atom. The fourth-order valence-corrected chi connectivity index (χ4v) is 3.67. The van der Waals surface area contributed by atoms with E-state index in [0.29, 0.717) is 21.5 Å². The zero-order valence-corrected chi connectivity index (χ0v) is 24.5. The number of aromatic nitrogens is 1. The second kappa shape index (κ2) is 14.6. The number of pyridine rings is 1. The van der Waals surface area contributed by atoms with Crippen molar-refractivity contribution >= 4 is 33.7 Å². The average Bonchev–Trinajstić information content (AvgIpc) is 2.87. The van der Waals surface area contributed by atoms with Crippen LogP contribution in [0.5, 0.6) is 0 Å². The molecule has 0 fully saturated rings. The fraction of sp³-hybridized carbons (Fsp3) is 0.312. The number of rotatable bonds is 6. The molecule has 0 amide bonds. The highest BCUT2D eigenvalue weighted by Crippen LogP contribution is 2.33. The molecule has 38 heavy (non-hydrogen) atoms. The molecule has 0 spiro atoms. The summed E-state index contributed by atoms with van der Waals surface area (Å²) in [7, 11) is 0. The second-order valence-corrected chi connectivity index (χ2v) is 9.55. The van der Waals surface area contributed by atoms with Crippen LogP contribution < -0.4 is 5.32 Å². The minimum absolute atomic E-state index is 0.233. The third-order valence-electron chi connectivity index (χ3n) is 5.56. The van der Waals surface area contributed by atoms with Gasteiger partial charge in [-0.3, -0.25) is 0 Å². The van der Waals surface area contributed by atoms with Gasteiger partial charge in [-0.25, -0.2) is 4.98 Å². The maximum Gasteiger partial charge on any atom is 0.433 e. The number of halogens is 3. The van der Waals surface area contributed by atoms with E-state index in [1.165, 1.54) is 11.1 Å². The first-order chi connectivity index (χ1) is 17.7. The molecule has 1 N–H and O–H groups in total. The van der Waals surface area contributed by atoms with Crippen molar-refractivity contribution in [2.75, 3.05) is 0 Å². The summed E-state index contributed by atoms with van der Waals surface area (Å²) in [6.45, 7) is 23.5. The van der Waals surface area contributed by atoms with E-state index in [4.69, 9.17) is 12.2 Å². The third-order valence-corrected chi connectivity index (χ3v) is 5.80. The summed E-state index contributed by atoms with van der Waals surface area (Å²) in [5, 5.41) is 3.66. The highest BCUT2D eigenvalue weighted by Gasteiger charge is 2.33. The Morgan fingerprint density at radius 2 is 1.53 bits per heavy atom. The van der Waals surface area contributed by atoms with Crippen molar-refractivity contribution in [2.45, 2.75) is 68.0 Å². The summed E-state index contributed by atoms with van der Waals surface area (Å²) < 4.78 is 40.0. The summed E-state index contributed by atoms with van der Waals surface area (Å²) in [5.41, 5.74) is 5.90. The van der Waals surface area contributed by atoms with E-state index in [1.807, 2.05) is 34.6 Å². The largest absolute Gasteiger partial charge is 0.433 e. The molecule has 1 aromatic heterocycles. The molecule has 0 saturated heterocycles. The normalized spacial score (nSPS) is 10.4. The van der Waals surface area contributed by atoms with E-state index in [9.17, 15) is 13.2 Å². The highest BCUT2D eigenvalue weighted by molar-refractivity contribution is 7.80. The van der Waals surface area contributed by atoms with E-state index in [-0.39, 0.29) is 5.52 Å². The minimum Gasteiger partial charge on any atom is -0.355 e.